The van der Waals surface area contributed by atoms with Crippen LogP contribution in [0, 0.1) is 0 Å². The van der Waals surface area contributed by atoms with Crippen molar-refractivity contribution in [3.63, 3.8) is 0 Å². The van der Waals surface area contributed by atoms with Crippen molar-refractivity contribution in [1.82, 2.24) is 19.4 Å². The Morgan fingerprint density at radius 3 is 2.44 bits per heavy atom. The van der Waals surface area contributed by atoms with E-state index in [1.54, 1.807) is 10.6 Å². The number of fused-ring (bicyclic) bond motifs is 1. The number of rotatable bonds is 8. The number of carbonyl (C=O) groups is 1. The van der Waals surface area contributed by atoms with Gasteiger partial charge in [-0.2, -0.15) is 0 Å². The van der Waals surface area contributed by atoms with Crippen molar-refractivity contribution in [2.24, 2.45) is 0 Å². The zero-order valence-electron chi connectivity index (χ0n) is 19.4. The molecule has 0 spiro atoms. The van der Waals surface area contributed by atoms with Crippen molar-refractivity contribution in [1.29, 1.82) is 0 Å². The molecular weight excluding hydrogens is 512 g/mol. The van der Waals surface area contributed by atoms with Crippen LogP contribution < -0.4 is 5.56 Å². The molecule has 2 heterocycles. The Morgan fingerprint density at radius 2 is 1.79 bits per heavy atom. The SMILES string of the molecule is CCC(c1nc2ccccc2c(=O)n1-c1ccc(Br)cc1)N(CCN(C)C)C(=O)c1cccs1. The van der Waals surface area contributed by atoms with E-state index in [9.17, 15) is 9.59 Å². The van der Waals surface area contributed by atoms with Crippen LogP contribution in [0.15, 0.2) is 75.3 Å². The number of thiophene rings is 1. The zero-order chi connectivity index (χ0) is 24.2. The van der Waals surface area contributed by atoms with Gasteiger partial charge in [0.2, 0.25) is 0 Å². The van der Waals surface area contributed by atoms with Gasteiger partial charge in [-0.1, -0.05) is 41.1 Å². The normalized spacial score (nSPS) is 12.3. The summed E-state index contributed by atoms with van der Waals surface area (Å²) in [6.45, 7) is 3.25. The second-order valence-electron chi connectivity index (χ2n) is 8.31. The molecule has 176 valence electrons. The number of hydrogen-bond donors (Lipinski definition) is 0. The van der Waals surface area contributed by atoms with Gasteiger partial charge in [-0.15, -0.1) is 11.3 Å². The fourth-order valence-electron chi connectivity index (χ4n) is 4.00. The molecule has 0 bridgehead atoms. The third-order valence-electron chi connectivity index (χ3n) is 5.73. The van der Waals surface area contributed by atoms with E-state index in [1.165, 1.54) is 11.3 Å². The highest BCUT2D eigenvalue weighted by Gasteiger charge is 2.30. The number of para-hydroxylation sites is 1. The molecule has 0 aliphatic rings. The van der Waals surface area contributed by atoms with E-state index < -0.39 is 0 Å². The van der Waals surface area contributed by atoms with Crippen LogP contribution in [0.5, 0.6) is 0 Å². The molecular formula is C26H27BrN4O2S. The van der Waals surface area contributed by atoms with Crippen molar-refractivity contribution >= 4 is 44.1 Å². The van der Waals surface area contributed by atoms with E-state index in [2.05, 4.69) is 20.8 Å². The van der Waals surface area contributed by atoms with Crippen LogP contribution in [0.4, 0.5) is 0 Å². The van der Waals surface area contributed by atoms with Gasteiger partial charge >= 0.3 is 0 Å². The van der Waals surface area contributed by atoms with E-state index in [-0.39, 0.29) is 17.5 Å². The largest absolute Gasteiger partial charge is 0.326 e. The summed E-state index contributed by atoms with van der Waals surface area (Å²) in [5.41, 5.74) is 1.21. The van der Waals surface area contributed by atoms with Crippen LogP contribution in [0.3, 0.4) is 0 Å². The average Bonchev–Trinajstić information content (AvgIpc) is 3.37. The fourth-order valence-corrected chi connectivity index (χ4v) is 4.95. The summed E-state index contributed by atoms with van der Waals surface area (Å²) in [5.74, 6) is 0.519. The molecule has 2 aromatic carbocycles. The highest BCUT2D eigenvalue weighted by Crippen LogP contribution is 2.28. The molecule has 8 heteroatoms. The minimum atomic E-state index is -0.379. The number of benzene rings is 2. The second kappa shape index (κ2) is 10.6. The van der Waals surface area contributed by atoms with E-state index in [0.29, 0.717) is 41.1 Å². The standard InChI is InChI=1S/C26H27BrN4O2S/c1-4-22(30(16-15-29(2)3)26(33)23-10-7-17-34-23)24-28-21-9-6-5-8-20(21)25(32)31(24)19-13-11-18(27)12-14-19/h5-14,17,22H,4,15-16H2,1-3H3. The lowest BCUT2D eigenvalue weighted by atomic mass is 10.1. The maximum atomic E-state index is 13.7. The molecule has 0 aliphatic carbocycles. The average molecular weight is 539 g/mol. The molecule has 34 heavy (non-hydrogen) atoms. The summed E-state index contributed by atoms with van der Waals surface area (Å²) >= 11 is 4.90. The van der Waals surface area contributed by atoms with Gasteiger partial charge < -0.3 is 9.80 Å². The first-order valence-corrected chi connectivity index (χ1v) is 12.8. The van der Waals surface area contributed by atoms with Crippen LogP contribution in [-0.4, -0.2) is 52.4 Å². The van der Waals surface area contributed by atoms with Crippen LogP contribution in [-0.2, 0) is 0 Å². The van der Waals surface area contributed by atoms with Crippen LogP contribution >= 0.6 is 27.3 Å². The van der Waals surface area contributed by atoms with E-state index in [4.69, 9.17) is 4.98 Å². The molecule has 4 rings (SSSR count). The summed E-state index contributed by atoms with van der Waals surface area (Å²) in [5, 5.41) is 2.46. The lowest BCUT2D eigenvalue weighted by molar-refractivity contribution is 0.0649. The van der Waals surface area contributed by atoms with E-state index in [0.717, 1.165) is 10.2 Å². The van der Waals surface area contributed by atoms with Crippen molar-refractivity contribution in [3.8, 4) is 5.69 Å². The zero-order valence-corrected chi connectivity index (χ0v) is 21.8. The Bertz CT molecular complexity index is 1330. The van der Waals surface area contributed by atoms with Crippen molar-refractivity contribution in [2.45, 2.75) is 19.4 Å². The van der Waals surface area contributed by atoms with Crippen LogP contribution in [0.2, 0.25) is 0 Å². The van der Waals surface area contributed by atoms with Crippen LogP contribution in [0.25, 0.3) is 16.6 Å². The fraction of sp³-hybridized carbons (Fsp3) is 0.269. The topological polar surface area (TPSA) is 58.4 Å². The number of carbonyl (C=O) groups excluding carboxylic acids is 1. The number of likely N-dealkylation sites (N-methyl/N-ethyl adjacent to an activating group) is 1. The van der Waals surface area contributed by atoms with Gasteiger partial charge in [0.05, 0.1) is 27.5 Å². The Morgan fingerprint density at radius 1 is 1.06 bits per heavy atom. The summed E-state index contributed by atoms with van der Waals surface area (Å²) < 4.78 is 2.58. The van der Waals surface area contributed by atoms with Crippen molar-refractivity contribution in [3.05, 3.63) is 91.6 Å². The number of nitrogens with zero attached hydrogens (tertiary/aromatic N) is 4. The minimum Gasteiger partial charge on any atom is -0.326 e. The number of aromatic nitrogens is 2. The Labute approximate surface area is 211 Å². The van der Waals surface area contributed by atoms with Gasteiger partial charge in [0, 0.05) is 17.6 Å². The molecule has 0 N–H and O–H groups in total. The number of hydrogen-bond acceptors (Lipinski definition) is 5. The lowest BCUT2D eigenvalue weighted by Crippen LogP contribution is -2.41. The van der Waals surface area contributed by atoms with Gasteiger partial charge in [0.25, 0.3) is 11.5 Å². The first-order chi connectivity index (χ1) is 16.4. The smallest absolute Gasteiger partial charge is 0.266 e. The first kappa shape index (κ1) is 24.3. The molecule has 1 amide bonds. The van der Waals surface area contributed by atoms with Gasteiger partial charge in [0.15, 0.2) is 0 Å². The predicted octanol–water partition coefficient (Wildman–Crippen LogP) is 5.36. The first-order valence-electron chi connectivity index (χ1n) is 11.2. The summed E-state index contributed by atoms with van der Waals surface area (Å²) in [6.07, 6.45) is 0.617. The molecule has 0 saturated heterocycles. The Kier molecular flexibility index (Phi) is 7.60. The molecule has 1 atom stereocenters. The third-order valence-corrected chi connectivity index (χ3v) is 7.11. The predicted molar refractivity (Wildman–Crippen MR) is 142 cm³/mol. The molecule has 2 aromatic heterocycles. The molecule has 1 unspecified atom stereocenters. The van der Waals surface area contributed by atoms with Gasteiger partial charge in [-0.05, 0) is 68.4 Å². The summed E-state index contributed by atoms with van der Waals surface area (Å²) in [4.78, 5) is 36.9. The van der Waals surface area contributed by atoms with Gasteiger partial charge in [-0.3, -0.25) is 14.2 Å². The highest BCUT2D eigenvalue weighted by molar-refractivity contribution is 9.10. The van der Waals surface area contributed by atoms with E-state index >= 15 is 0 Å². The Hall–Kier alpha value is -2.81. The number of amides is 1. The molecule has 0 saturated carbocycles. The van der Waals surface area contributed by atoms with Crippen LogP contribution in [0.1, 0.15) is 34.9 Å². The van der Waals surface area contributed by atoms with Gasteiger partial charge in [0.1, 0.15) is 5.82 Å². The maximum Gasteiger partial charge on any atom is 0.266 e. The molecule has 0 fully saturated rings. The molecule has 0 aliphatic heterocycles. The molecule has 6 nitrogen and oxygen atoms in total. The summed E-state index contributed by atoms with van der Waals surface area (Å²) in [7, 11) is 3.97. The van der Waals surface area contributed by atoms with Crippen molar-refractivity contribution < 1.29 is 4.79 Å². The lowest BCUT2D eigenvalue weighted by Gasteiger charge is -2.33. The highest BCUT2D eigenvalue weighted by atomic mass is 79.9. The summed E-state index contributed by atoms with van der Waals surface area (Å²) in [6, 6.07) is 18.3. The maximum absolute atomic E-state index is 13.7. The molecule has 0 radical (unpaired) electrons. The Balaban J connectivity index is 1.93. The number of halogens is 1. The van der Waals surface area contributed by atoms with Crippen molar-refractivity contribution in [2.75, 3.05) is 27.2 Å². The van der Waals surface area contributed by atoms with Gasteiger partial charge in [-0.25, -0.2) is 4.98 Å². The minimum absolute atomic E-state index is 0.0477. The quantitative estimate of drug-likeness (QED) is 0.302. The molecule has 4 aromatic rings. The van der Waals surface area contributed by atoms with E-state index in [1.807, 2.05) is 85.9 Å². The second-order valence-corrected chi connectivity index (χ2v) is 10.2. The third kappa shape index (κ3) is 4.99. The monoisotopic (exact) mass is 538 g/mol.